The Morgan fingerprint density at radius 3 is 2.75 bits per heavy atom. The Hall–Kier alpha value is -0.750. The Balaban J connectivity index is 3.88. The van der Waals surface area contributed by atoms with Crippen LogP contribution >= 0.6 is 11.9 Å². The van der Waals surface area contributed by atoms with Crippen molar-refractivity contribution in [1.29, 1.82) is 0 Å². The lowest BCUT2D eigenvalue weighted by atomic mass is 10.1. The first-order valence-electron chi connectivity index (χ1n) is 5.43. The minimum atomic E-state index is -0.885. The molecule has 94 valence electrons. The normalized spacial score (nSPS) is 13.2. The van der Waals surface area contributed by atoms with Crippen LogP contribution in [0, 0.1) is 0 Å². The summed E-state index contributed by atoms with van der Waals surface area (Å²) in [6.07, 6.45) is 3.64. The van der Waals surface area contributed by atoms with Gasteiger partial charge in [0.05, 0.1) is 6.34 Å². The van der Waals surface area contributed by atoms with E-state index < -0.39 is 12.0 Å². The van der Waals surface area contributed by atoms with Gasteiger partial charge in [-0.25, -0.2) is 4.79 Å². The molecule has 0 aromatic heterocycles. The van der Waals surface area contributed by atoms with Crippen molar-refractivity contribution in [1.82, 2.24) is 4.72 Å². The van der Waals surface area contributed by atoms with E-state index in [1.165, 1.54) is 18.3 Å². The first-order chi connectivity index (χ1) is 7.57. The zero-order chi connectivity index (χ0) is 12.4. The quantitative estimate of drug-likeness (QED) is 0.247. The number of nitrogens with zero attached hydrogens (tertiary/aromatic N) is 1. The second-order valence-corrected chi connectivity index (χ2v) is 5.12. The molecule has 5 nitrogen and oxygen atoms in total. The van der Waals surface area contributed by atoms with Gasteiger partial charge in [0, 0.05) is 5.25 Å². The van der Waals surface area contributed by atoms with E-state index in [2.05, 4.69) is 9.71 Å². The molecule has 0 rings (SSSR count). The van der Waals surface area contributed by atoms with Crippen LogP contribution in [0.2, 0.25) is 0 Å². The van der Waals surface area contributed by atoms with Crippen molar-refractivity contribution in [3.05, 3.63) is 0 Å². The summed E-state index contributed by atoms with van der Waals surface area (Å²) in [6, 6.07) is -0.660. The number of nitrogens with two attached hydrogens (primary N) is 1. The van der Waals surface area contributed by atoms with Gasteiger partial charge in [-0.05, 0) is 37.8 Å². The molecule has 0 fully saturated rings. The number of carboxylic acids is 1. The first kappa shape index (κ1) is 15.2. The molecule has 1 atom stereocenters. The maximum Gasteiger partial charge on any atom is 0.328 e. The molecule has 0 spiro atoms. The zero-order valence-corrected chi connectivity index (χ0v) is 10.7. The summed E-state index contributed by atoms with van der Waals surface area (Å²) in [7, 11) is 0. The number of carboxylic acid groups (broad SMARTS) is 1. The van der Waals surface area contributed by atoms with Gasteiger partial charge < -0.3 is 15.6 Å². The number of carbonyl (C=O) groups is 1. The highest BCUT2D eigenvalue weighted by atomic mass is 32.2. The van der Waals surface area contributed by atoms with Crippen LogP contribution < -0.4 is 10.5 Å². The summed E-state index contributed by atoms with van der Waals surface area (Å²) in [5.74, 6) is -0.885. The molecule has 0 aromatic rings. The van der Waals surface area contributed by atoms with Crippen molar-refractivity contribution >= 4 is 24.3 Å². The SMILES string of the molecule is CC(C)SNC=N[C@H](CCCCN)C(=O)O. The molecule has 0 aromatic carbocycles. The summed E-state index contributed by atoms with van der Waals surface area (Å²) >= 11 is 1.50. The van der Waals surface area contributed by atoms with Gasteiger partial charge in [-0.2, -0.15) is 0 Å². The van der Waals surface area contributed by atoms with E-state index in [0.29, 0.717) is 18.2 Å². The average Bonchev–Trinajstić information content (AvgIpc) is 2.21. The number of rotatable bonds is 9. The van der Waals surface area contributed by atoms with E-state index in [4.69, 9.17) is 10.8 Å². The molecule has 0 saturated carbocycles. The maximum absolute atomic E-state index is 10.8. The highest BCUT2D eigenvalue weighted by Gasteiger charge is 2.14. The lowest BCUT2D eigenvalue weighted by Crippen LogP contribution is -2.20. The van der Waals surface area contributed by atoms with Gasteiger partial charge in [0.2, 0.25) is 0 Å². The van der Waals surface area contributed by atoms with E-state index >= 15 is 0 Å². The van der Waals surface area contributed by atoms with Crippen LogP contribution in [-0.4, -0.2) is 35.3 Å². The fourth-order valence-corrected chi connectivity index (χ4v) is 1.42. The van der Waals surface area contributed by atoms with Gasteiger partial charge in [-0.3, -0.25) is 4.99 Å². The number of hydrogen-bond acceptors (Lipinski definition) is 4. The third kappa shape index (κ3) is 8.55. The highest BCUT2D eigenvalue weighted by molar-refractivity contribution is 7.98. The van der Waals surface area contributed by atoms with Crippen LogP contribution in [0.4, 0.5) is 0 Å². The standard InChI is InChI=1S/C10H21N3O2S/c1-8(2)16-13-7-12-9(10(14)15)5-3-4-6-11/h7-9H,3-6,11H2,1-2H3,(H,12,13)(H,14,15)/t9-/m1/s1. The number of aliphatic imine (C=N–C) groups is 1. The van der Waals surface area contributed by atoms with Crippen molar-refractivity contribution in [2.45, 2.75) is 44.4 Å². The largest absolute Gasteiger partial charge is 0.480 e. The Morgan fingerprint density at radius 1 is 1.56 bits per heavy atom. The van der Waals surface area contributed by atoms with Crippen molar-refractivity contribution in [3.8, 4) is 0 Å². The van der Waals surface area contributed by atoms with Crippen molar-refractivity contribution < 1.29 is 9.90 Å². The van der Waals surface area contributed by atoms with E-state index in [1.807, 2.05) is 13.8 Å². The van der Waals surface area contributed by atoms with Gasteiger partial charge in [0.15, 0.2) is 0 Å². The summed E-state index contributed by atoms with van der Waals surface area (Å²) in [5.41, 5.74) is 5.34. The van der Waals surface area contributed by atoms with Crippen LogP contribution in [0.15, 0.2) is 4.99 Å². The Kier molecular flexibility index (Phi) is 9.03. The van der Waals surface area contributed by atoms with Crippen LogP contribution in [0.1, 0.15) is 33.1 Å². The maximum atomic E-state index is 10.8. The number of unbranched alkanes of at least 4 members (excludes halogenated alkanes) is 1. The molecule has 6 heteroatoms. The Morgan fingerprint density at radius 2 is 2.25 bits per heavy atom. The number of hydrogen-bond donors (Lipinski definition) is 3. The van der Waals surface area contributed by atoms with Crippen molar-refractivity contribution in [2.75, 3.05) is 6.54 Å². The smallest absolute Gasteiger partial charge is 0.328 e. The molecule has 4 N–H and O–H groups in total. The lowest BCUT2D eigenvalue weighted by molar-refractivity contribution is -0.138. The second kappa shape index (κ2) is 9.47. The topological polar surface area (TPSA) is 87.7 Å². The summed E-state index contributed by atoms with van der Waals surface area (Å²) < 4.78 is 2.90. The molecule has 0 saturated heterocycles. The van der Waals surface area contributed by atoms with Crippen LogP contribution in [0.25, 0.3) is 0 Å². The molecule has 0 heterocycles. The molecule has 0 bridgehead atoms. The third-order valence-corrected chi connectivity index (χ3v) is 2.54. The van der Waals surface area contributed by atoms with Crippen LogP contribution in [0.3, 0.4) is 0 Å². The Labute approximate surface area is 101 Å². The minimum Gasteiger partial charge on any atom is -0.480 e. The number of nitrogens with one attached hydrogen (secondary N) is 1. The van der Waals surface area contributed by atoms with Gasteiger partial charge in [0.25, 0.3) is 0 Å². The second-order valence-electron chi connectivity index (χ2n) is 3.70. The summed E-state index contributed by atoms with van der Waals surface area (Å²) in [4.78, 5) is 14.8. The first-order valence-corrected chi connectivity index (χ1v) is 6.31. The van der Waals surface area contributed by atoms with E-state index in [0.717, 1.165) is 12.8 Å². The molecular weight excluding hydrogens is 226 g/mol. The molecule has 0 radical (unpaired) electrons. The third-order valence-electron chi connectivity index (χ3n) is 1.83. The molecule has 16 heavy (non-hydrogen) atoms. The molecule has 0 aliphatic carbocycles. The zero-order valence-electron chi connectivity index (χ0n) is 9.85. The van der Waals surface area contributed by atoms with Gasteiger partial charge in [0.1, 0.15) is 6.04 Å². The molecular formula is C10H21N3O2S. The van der Waals surface area contributed by atoms with E-state index in [9.17, 15) is 4.79 Å². The van der Waals surface area contributed by atoms with Gasteiger partial charge in [-0.15, -0.1) is 0 Å². The minimum absolute atomic E-state index is 0.437. The van der Waals surface area contributed by atoms with Crippen LogP contribution in [0.5, 0.6) is 0 Å². The predicted octanol–water partition coefficient (Wildman–Crippen LogP) is 1.24. The highest BCUT2D eigenvalue weighted by Crippen LogP contribution is 2.05. The fourth-order valence-electron chi connectivity index (χ4n) is 1.03. The van der Waals surface area contributed by atoms with Gasteiger partial charge in [-0.1, -0.05) is 13.8 Å². The predicted molar refractivity (Wildman–Crippen MR) is 68.7 cm³/mol. The van der Waals surface area contributed by atoms with Gasteiger partial charge >= 0.3 is 5.97 Å². The molecule has 0 aliphatic heterocycles. The fraction of sp³-hybridized carbons (Fsp3) is 0.800. The molecule has 0 amide bonds. The summed E-state index contributed by atoms with van der Waals surface area (Å²) in [5, 5.41) is 9.34. The molecule has 0 aliphatic rings. The van der Waals surface area contributed by atoms with Crippen molar-refractivity contribution in [3.63, 3.8) is 0 Å². The lowest BCUT2D eigenvalue weighted by Gasteiger charge is -2.07. The van der Waals surface area contributed by atoms with E-state index in [1.54, 1.807) is 0 Å². The van der Waals surface area contributed by atoms with E-state index in [-0.39, 0.29) is 0 Å². The number of aliphatic carboxylic acids is 1. The average molecular weight is 247 g/mol. The van der Waals surface area contributed by atoms with Crippen LogP contribution in [-0.2, 0) is 4.79 Å². The monoisotopic (exact) mass is 247 g/mol. The molecule has 0 unspecified atom stereocenters. The van der Waals surface area contributed by atoms with Crippen molar-refractivity contribution in [2.24, 2.45) is 10.7 Å². The summed E-state index contributed by atoms with van der Waals surface area (Å²) in [6.45, 7) is 4.68. The Bertz CT molecular complexity index is 222.